The van der Waals surface area contributed by atoms with Crippen LogP contribution in [0.3, 0.4) is 0 Å². The van der Waals surface area contributed by atoms with Crippen molar-refractivity contribution in [3.05, 3.63) is 34.9 Å². The Morgan fingerprint density at radius 1 is 1.38 bits per heavy atom. The van der Waals surface area contributed by atoms with Crippen molar-refractivity contribution in [2.24, 2.45) is 11.7 Å². The summed E-state index contributed by atoms with van der Waals surface area (Å²) < 4.78 is 0. The number of nitrogens with two attached hydrogens (primary N) is 1. The van der Waals surface area contributed by atoms with E-state index in [0.717, 1.165) is 12.8 Å². The van der Waals surface area contributed by atoms with Crippen LogP contribution >= 0.6 is 11.6 Å². The van der Waals surface area contributed by atoms with Gasteiger partial charge < -0.3 is 5.73 Å². The number of benzene rings is 1. The molecule has 0 aliphatic heterocycles. The molecule has 0 aliphatic rings. The van der Waals surface area contributed by atoms with Crippen LogP contribution in [0.15, 0.2) is 24.3 Å². The topological polar surface area (TPSA) is 43.1 Å². The molecule has 0 saturated carbocycles. The number of Topliss-reactive ketones (excluding diaryl/α,β-unsaturated/α-hetero) is 1. The van der Waals surface area contributed by atoms with Crippen LogP contribution in [0.2, 0.25) is 5.02 Å². The van der Waals surface area contributed by atoms with Crippen LogP contribution in [0, 0.1) is 5.92 Å². The number of hydrogen-bond acceptors (Lipinski definition) is 2. The highest BCUT2D eigenvalue weighted by Gasteiger charge is 2.11. The first-order chi connectivity index (χ1) is 7.65. The fourth-order valence-electron chi connectivity index (χ4n) is 1.63. The average molecular weight is 240 g/mol. The molecule has 1 unspecified atom stereocenters. The molecule has 1 aromatic rings. The summed E-state index contributed by atoms with van der Waals surface area (Å²) in [5.74, 6) is 0.617. The summed E-state index contributed by atoms with van der Waals surface area (Å²) in [6.07, 6.45) is 2.39. The predicted molar refractivity (Wildman–Crippen MR) is 67.9 cm³/mol. The van der Waals surface area contributed by atoms with E-state index in [1.807, 2.05) is 12.1 Å². The van der Waals surface area contributed by atoms with Gasteiger partial charge in [-0.1, -0.05) is 30.7 Å². The average Bonchev–Trinajstić information content (AvgIpc) is 2.27. The molecular weight excluding hydrogens is 222 g/mol. The minimum absolute atomic E-state index is 0.120. The summed E-state index contributed by atoms with van der Waals surface area (Å²) in [5.41, 5.74) is 6.09. The van der Waals surface area contributed by atoms with Crippen molar-refractivity contribution in [3.63, 3.8) is 0 Å². The Morgan fingerprint density at radius 2 is 2.06 bits per heavy atom. The molecular formula is C13H18ClNO. The van der Waals surface area contributed by atoms with Crippen molar-refractivity contribution >= 4 is 17.4 Å². The summed E-state index contributed by atoms with van der Waals surface area (Å²) >= 11 is 5.95. The normalized spacial score (nSPS) is 12.4. The highest BCUT2D eigenvalue weighted by molar-refractivity contribution is 6.33. The molecule has 1 rings (SSSR count). The van der Waals surface area contributed by atoms with Crippen LogP contribution in [0.4, 0.5) is 0 Å². The van der Waals surface area contributed by atoms with E-state index in [1.54, 1.807) is 12.1 Å². The third kappa shape index (κ3) is 3.95. The van der Waals surface area contributed by atoms with E-state index in [0.29, 0.717) is 29.5 Å². The number of rotatable bonds is 6. The van der Waals surface area contributed by atoms with Gasteiger partial charge in [0, 0.05) is 12.0 Å². The Hall–Kier alpha value is -0.860. The Labute approximate surface area is 102 Å². The van der Waals surface area contributed by atoms with Crippen molar-refractivity contribution < 1.29 is 4.79 Å². The quantitative estimate of drug-likeness (QED) is 0.775. The SMILES string of the molecule is CC(CCN)CCC(=O)c1ccccc1Cl. The summed E-state index contributed by atoms with van der Waals surface area (Å²) in [6, 6.07) is 7.19. The van der Waals surface area contributed by atoms with E-state index >= 15 is 0 Å². The number of hydrogen-bond donors (Lipinski definition) is 1. The molecule has 0 saturated heterocycles. The van der Waals surface area contributed by atoms with Gasteiger partial charge in [-0.15, -0.1) is 0 Å². The molecule has 0 fully saturated rings. The maximum absolute atomic E-state index is 11.9. The van der Waals surface area contributed by atoms with E-state index in [-0.39, 0.29) is 5.78 Å². The lowest BCUT2D eigenvalue weighted by atomic mass is 9.97. The number of carbonyl (C=O) groups excluding carboxylic acids is 1. The Bertz CT molecular complexity index is 352. The van der Waals surface area contributed by atoms with Crippen LogP contribution in [-0.2, 0) is 0 Å². The Morgan fingerprint density at radius 3 is 2.69 bits per heavy atom. The molecule has 0 heterocycles. The van der Waals surface area contributed by atoms with Gasteiger partial charge in [-0.05, 0) is 37.4 Å². The zero-order valence-corrected chi connectivity index (χ0v) is 10.3. The van der Waals surface area contributed by atoms with Gasteiger partial charge in [0.05, 0.1) is 5.02 Å². The van der Waals surface area contributed by atoms with Crippen molar-refractivity contribution in [2.45, 2.75) is 26.2 Å². The second kappa shape index (κ2) is 6.66. The minimum Gasteiger partial charge on any atom is -0.330 e. The van der Waals surface area contributed by atoms with Gasteiger partial charge >= 0.3 is 0 Å². The third-order valence-electron chi connectivity index (χ3n) is 2.70. The van der Waals surface area contributed by atoms with E-state index < -0.39 is 0 Å². The fourth-order valence-corrected chi connectivity index (χ4v) is 1.87. The molecule has 2 N–H and O–H groups in total. The van der Waals surface area contributed by atoms with Crippen LogP contribution in [-0.4, -0.2) is 12.3 Å². The summed E-state index contributed by atoms with van der Waals surface area (Å²) in [7, 11) is 0. The molecule has 0 aromatic heterocycles. The van der Waals surface area contributed by atoms with Gasteiger partial charge in [-0.3, -0.25) is 4.79 Å². The molecule has 16 heavy (non-hydrogen) atoms. The van der Waals surface area contributed by atoms with Gasteiger partial charge in [-0.25, -0.2) is 0 Å². The smallest absolute Gasteiger partial charge is 0.164 e. The summed E-state index contributed by atoms with van der Waals surface area (Å²) in [5, 5.41) is 0.541. The summed E-state index contributed by atoms with van der Waals surface area (Å²) in [6.45, 7) is 2.80. The zero-order valence-electron chi connectivity index (χ0n) is 9.58. The maximum atomic E-state index is 11.9. The third-order valence-corrected chi connectivity index (χ3v) is 3.03. The molecule has 0 aliphatic carbocycles. The highest BCUT2D eigenvalue weighted by atomic mass is 35.5. The van der Waals surface area contributed by atoms with Gasteiger partial charge in [0.2, 0.25) is 0 Å². The van der Waals surface area contributed by atoms with Gasteiger partial charge in [-0.2, -0.15) is 0 Å². The van der Waals surface area contributed by atoms with Crippen molar-refractivity contribution in [1.29, 1.82) is 0 Å². The van der Waals surface area contributed by atoms with E-state index in [4.69, 9.17) is 17.3 Å². The van der Waals surface area contributed by atoms with Gasteiger partial charge in [0.15, 0.2) is 5.78 Å². The lowest BCUT2D eigenvalue weighted by Crippen LogP contribution is -2.08. The first kappa shape index (κ1) is 13.2. The lowest BCUT2D eigenvalue weighted by molar-refractivity contribution is 0.0974. The van der Waals surface area contributed by atoms with Crippen molar-refractivity contribution in [3.8, 4) is 0 Å². The molecule has 88 valence electrons. The minimum atomic E-state index is 0.120. The molecule has 3 heteroatoms. The van der Waals surface area contributed by atoms with Crippen LogP contribution in [0.1, 0.15) is 36.5 Å². The van der Waals surface area contributed by atoms with Gasteiger partial charge in [0.1, 0.15) is 0 Å². The molecule has 0 bridgehead atoms. The second-order valence-electron chi connectivity index (χ2n) is 4.12. The molecule has 2 nitrogen and oxygen atoms in total. The molecule has 0 amide bonds. The summed E-state index contributed by atoms with van der Waals surface area (Å²) in [4.78, 5) is 11.9. The van der Waals surface area contributed by atoms with Crippen molar-refractivity contribution in [1.82, 2.24) is 0 Å². The predicted octanol–water partition coefficient (Wildman–Crippen LogP) is 3.29. The Kier molecular flexibility index (Phi) is 5.50. The number of carbonyl (C=O) groups is 1. The molecule has 1 aromatic carbocycles. The van der Waals surface area contributed by atoms with E-state index in [9.17, 15) is 4.79 Å². The van der Waals surface area contributed by atoms with Gasteiger partial charge in [0.25, 0.3) is 0 Å². The number of ketones is 1. The molecule has 1 atom stereocenters. The standard InChI is InChI=1S/C13H18ClNO/c1-10(8-9-15)6-7-13(16)11-4-2-3-5-12(11)14/h2-5,10H,6-9,15H2,1H3. The molecule has 0 spiro atoms. The van der Waals surface area contributed by atoms with E-state index in [1.165, 1.54) is 0 Å². The van der Waals surface area contributed by atoms with Crippen molar-refractivity contribution in [2.75, 3.05) is 6.54 Å². The number of halogens is 1. The first-order valence-corrected chi connectivity index (χ1v) is 6.00. The monoisotopic (exact) mass is 239 g/mol. The Balaban J connectivity index is 2.50. The lowest BCUT2D eigenvalue weighted by Gasteiger charge is -2.09. The van der Waals surface area contributed by atoms with Crippen LogP contribution in [0.25, 0.3) is 0 Å². The van der Waals surface area contributed by atoms with Crippen LogP contribution in [0.5, 0.6) is 0 Å². The zero-order chi connectivity index (χ0) is 12.0. The fraction of sp³-hybridized carbons (Fsp3) is 0.462. The van der Waals surface area contributed by atoms with E-state index in [2.05, 4.69) is 6.92 Å². The maximum Gasteiger partial charge on any atom is 0.164 e. The highest BCUT2D eigenvalue weighted by Crippen LogP contribution is 2.19. The largest absolute Gasteiger partial charge is 0.330 e. The van der Waals surface area contributed by atoms with Crippen LogP contribution < -0.4 is 5.73 Å². The molecule has 0 radical (unpaired) electrons. The second-order valence-corrected chi connectivity index (χ2v) is 4.53. The first-order valence-electron chi connectivity index (χ1n) is 5.63.